The molecule has 3 N–H and O–H groups in total. The fraction of sp³-hybridized carbons (Fsp3) is 0.278. The maximum absolute atomic E-state index is 9.52. The minimum Gasteiger partial charge on any atom is -0.508 e. The van der Waals surface area contributed by atoms with Gasteiger partial charge >= 0.3 is 0 Å². The van der Waals surface area contributed by atoms with Gasteiger partial charge in [-0.3, -0.25) is 0 Å². The Balaban J connectivity index is 2.08. The largest absolute Gasteiger partial charge is 0.508 e. The van der Waals surface area contributed by atoms with Crippen molar-refractivity contribution in [3.8, 4) is 5.75 Å². The van der Waals surface area contributed by atoms with Crippen molar-refractivity contribution >= 4 is 21.9 Å². The molecule has 5 heteroatoms. The van der Waals surface area contributed by atoms with Crippen molar-refractivity contribution in [2.24, 2.45) is 4.99 Å². The van der Waals surface area contributed by atoms with Gasteiger partial charge in [-0.25, -0.2) is 4.99 Å². The Labute approximate surface area is 145 Å². The third-order valence-electron chi connectivity index (χ3n) is 3.40. The van der Waals surface area contributed by atoms with E-state index in [1.807, 2.05) is 37.3 Å². The second kappa shape index (κ2) is 8.58. The van der Waals surface area contributed by atoms with Crippen LogP contribution in [0.1, 0.15) is 31.0 Å². The molecule has 2 rings (SSSR count). The van der Waals surface area contributed by atoms with Gasteiger partial charge in [0.05, 0.1) is 12.6 Å². The molecule has 0 fully saturated rings. The first-order valence-electron chi connectivity index (χ1n) is 7.67. The SMILES string of the molecule is CCNC(=NCc1cccc(O)c1)NC(C)c1ccccc1Br. The summed E-state index contributed by atoms with van der Waals surface area (Å²) in [7, 11) is 0. The third kappa shape index (κ3) is 5.28. The lowest BCUT2D eigenvalue weighted by atomic mass is 10.1. The van der Waals surface area contributed by atoms with E-state index < -0.39 is 0 Å². The Kier molecular flexibility index (Phi) is 6.47. The lowest BCUT2D eigenvalue weighted by molar-refractivity contribution is 0.474. The molecule has 1 unspecified atom stereocenters. The van der Waals surface area contributed by atoms with Gasteiger partial charge in [0.1, 0.15) is 5.75 Å². The molecule has 0 aliphatic carbocycles. The first kappa shape index (κ1) is 17.3. The summed E-state index contributed by atoms with van der Waals surface area (Å²) in [5.41, 5.74) is 2.14. The van der Waals surface area contributed by atoms with E-state index in [1.54, 1.807) is 12.1 Å². The summed E-state index contributed by atoms with van der Waals surface area (Å²) in [5, 5.41) is 16.2. The maximum Gasteiger partial charge on any atom is 0.192 e. The van der Waals surface area contributed by atoms with Gasteiger partial charge in [-0.15, -0.1) is 0 Å². The first-order chi connectivity index (χ1) is 11.1. The number of hydrogen-bond acceptors (Lipinski definition) is 2. The highest BCUT2D eigenvalue weighted by Gasteiger charge is 2.10. The van der Waals surface area contributed by atoms with Gasteiger partial charge in [-0.2, -0.15) is 0 Å². The highest BCUT2D eigenvalue weighted by molar-refractivity contribution is 9.10. The highest BCUT2D eigenvalue weighted by Crippen LogP contribution is 2.22. The summed E-state index contributed by atoms with van der Waals surface area (Å²) in [6, 6.07) is 15.4. The molecule has 122 valence electrons. The second-order valence-corrected chi connectivity index (χ2v) is 6.11. The van der Waals surface area contributed by atoms with Gasteiger partial charge in [0.2, 0.25) is 0 Å². The summed E-state index contributed by atoms with van der Waals surface area (Å²) in [4.78, 5) is 4.59. The molecule has 0 bridgehead atoms. The van der Waals surface area contributed by atoms with Crippen LogP contribution in [-0.4, -0.2) is 17.6 Å². The van der Waals surface area contributed by atoms with Crippen LogP contribution in [0.2, 0.25) is 0 Å². The zero-order chi connectivity index (χ0) is 16.7. The van der Waals surface area contributed by atoms with Crippen molar-refractivity contribution < 1.29 is 5.11 Å². The van der Waals surface area contributed by atoms with Crippen LogP contribution >= 0.6 is 15.9 Å². The van der Waals surface area contributed by atoms with Crippen LogP contribution in [-0.2, 0) is 6.54 Å². The molecule has 0 spiro atoms. The number of nitrogens with zero attached hydrogens (tertiary/aromatic N) is 1. The van der Waals surface area contributed by atoms with Crippen LogP contribution in [0.5, 0.6) is 5.75 Å². The predicted molar refractivity (Wildman–Crippen MR) is 98.6 cm³/mol. The van der Waals surface area contributed by atoms with Crippen LogP contribution in [0.4, 0.5) is 0 Å². The van der Waals surface area contributed by atoms with Crippen LogP contribution in [0.3, 0.4) is 0 Å². The van der Waals surface area contributed by atoms with Crippen molar-refractivity contribution in [3.05, 3.63) is 64.1 Å². The summed E-state index contributed by atoms with van der Waals surface area (Å²) in [5.74, 6) is 1.01. The molecule has 1 atom stereocenters. The van der Waals surface area contributed by atoms with E-state index in [1.165, 1.54) is 5.56 Å². The normalized spacial score (nSPS) is 12.7. The minimum atomic E-state index is 0.118. The minimum absolute atomic E-state index is 0.118. The number of guanidine groups is 1. The molecule has 0 aromatic heterocycles. The molecule has 0 radical (unpaired) electrons. The fourth-order valence-electron chi connectivity index (χ4n) is 2.25. The Bertz CT molecular complexity index is 673. The van der Waals surface area contributed by atoms with Crippen molar-refractivity contribution in [1.29, 1.82) is 0 Å². The van der Waals surface area contributed by atoms with Crippen LogP contribution in [0, 0.1) is 0 Å². The third-order valence-corrected chi connectivity index (χ3v) is 4.12. The van der Waals surface area contributed by atoms with Gasteiger partial charge in [0, 0.05) is 11.0 Å². The molecule has 0 saturated carbocycles. The highest BCUT2D eigenvalue weighted by atomic mass is 79.9. The van der Waals surface area contributed by atoms with E-state index in [0.717, 1.165) is 22.5 Å². The van der Waals surface area contributed by atoms with Crippen molar-refractivity contribution in [2.75, 3.05) is 6.54 Å². The molecule has 2 aromatic rings. The zero-order valence-corrected chi connectivity index (χ0v) is 15.0. The Morgan fingerprint density at radius 2 is 2.00 bits per heavy atom. The Morgan fingerprint density at radius 1 is 1.22 bits per heavy atom. The smallest absolute Gasteiger partial charge is 0.192 e. The first-order valence-corrected chi connectivity index (χ1v) is 8.46. The summed E-state index contributed by atoms with van der Waals surface area (Å²) >= 11 is 3.58. The van der Waals surface area contributed by atoms with E-state index in [0.29, 0.717) is 6.54 Å². The van der Waals surface area contributed by atoms with Crippen molar-refractivity contribution in [2.45, 2.75) is 26.4 Å². The molecule has 0 heterocycles. The van der Waals surface area contributed by atoms with Crippen molar-refractivity contribution in [3.63, 3.8) is 0 Å². The summed E-state index contributed by atoms with van der Waals surface area (Å²) in [6.07, 6.45) is 0. The number of benzene rings is 2. The van der Waals surface area contributed by atoms with Crippen LogP contribution in [0.25, 0.3) is 0 Å². The van der Waals surface area contributed by atoms with Gasteiger partial charge in [0.15, 0.2) is 5.96 Å². The number of halogens is 1. The van der Waals surface area contributed by atoms with E-state index in [2.05, 4.69) is 44.5 Å². The van der Waals surface area contributed by atoms with E-state index in [4.69, 9.17) is 0 Å². The molecule has 23 heavy (non-hydrogen) atoms. The van der Waals surface area contributed by atoms with Gasteiger partial charge in [-0.1, -0.05) is 46.3 Å². The summed E-state index contributed by atoms with van der Waals surface area (Å²) in [6.45, 7) is 5.43. The van der Waals surface area contributed by atoms with Crippen LogP contribution in [0.15, 0.2) is 58.0 Å². The van der Waals surface area contributed by atoms with E-state index in [9.17, 15) is 5.11 Å². The monoisotopic (exact) mass is 375 g/mol. The standard InChI is InChI=1S/C18H22BrN3O/c1-3-20-18(21-12-14-7-6-8-15(23)11-14)22-13(2)16-9-4-5-10-17(16)19/h4-11,13,23H,3,12H2,1-2H3,(H2,20,21,22). The number of nitrogens with one attached hydrogen (secondary N) is 2. The number of rotatable bonds is 5. The molecule has 2 aromatic carbocycles. The number of phenols is 1. The number of hydrogen-bond donors (Lipinski definition) is 3. The molecule has 4 nitrogen and oxygen atoms in total. The van der Waals surface area contributed by atoms with Gasteiger partial charge < -0.3 is 15.7 Å². The topological polar surface area (TPSA) is 56.7 Å². The lowest BCUT2D eigenvalue weighted by Gasteiger charge is -2.19. The zero-order valence-electron chi connectivity index (χ0n) is 13.4. The predicted octanol–water partition coefficient (Wildman–Crippen LogP) is 3.97. The number of aromatic hydroxyl groups is 1. The average molecular weight is 376 g/mol. The second-order valence-electron chi connectivity index (χ2n) is 5.25. The van der Waals surface area contributed by atoms with Crippen molar-refractivity contribution in [1.82, 2.24) is 10.6 Å². The van der Waals surface area contributed by atoms with Gasteiger partial charge in [0.25, 0.3) is 0 Å². The van der Waals surface area contributed by atoms with Gasteiger partial charge in [-0.05, 0) is 43.2 Å². The molecule has 0 aliphatic rings. The summed E-state index contributed by atoms with van der Waals surface area (Å²) < 4.78 is 1.07. The number of phenolic OH excluding ortho intramolecular Hbond substituents is 1. The Hall–Kier alpha value is -2.01. The quantitative estimate of drug-likeness (QED) is 0.547. The maximum atomic E-state index is 9.52. The van der Waals surface area contributed by atoms with E-state index in [-0.39, 0.29) is 11.8 Å². The van der Waals surface area contributed by atoms with E-state index >= 15 is 0 Å². The molecule has 0 saturated heterocycles. The fourth-order valence-corrected chi connectivity index (χ4v) is 2.88. The molecular formula is C18H22BrN3O. The lowest BCUT2D eigenvalue weighted by Crippen LogP contribution is -2.38. The molecule has 0 amide bonds. The number of aliphatic imine (C=N–C) groups is 1. The van der Waals surface area contributed by atoms with Crippen LogP contribution < -0.4 is 10.6 Å². The molecular weight excluding hydrogens is 354 g/mol. The molecule has 0 aliphatic heterocycles. The Morgan fingerprint density at radius 3 is 2.70 bits per heavy atom. The average Bonchev–Trinajstić information content (AvgIpc) is 2.53.